The molecule has 4 aromatic carbocycles. The standard InChI is InChI=1S/C41H46N2O9/c1-5-7-31-8-14-34(15-9-31)42-43-35-16-21-38(30(4)28-35)52-41(46)33-12-19-37(20-13-33)51-40(45)32-10-17-36(18-11-32)49-26-24-47-22-23-48-25-27-50-39(44)29(3)6-2/h8-21,28-29H,5-7,22-27H2,1-4H3. The predicted molar refractivity (Wildman–Crippen MR) is 196 cm³/mol. The van der Waals surface area contributed by atoms with Crippen LogP contribution in [-0.4, -0.2) is 57.5 Å². The second kappa shape index (κ2) is 21.1. The molecule has 0 spiro atoms. The third-order valence-corrected chi connectivity index (χ3v) is 7.86. The van der Waals surface area contributed by atoms with Gasteiger partial charge in [0.05, 0.1) is 54.8 Å². The van der Waals surface area contributed by atoms with Gasteiger partial charge < -0.3 is 28.4 Å². The Bertz CT molecular complexity index is 1760. The molecule has 0 heterocycles. The molecule has 0 saturated heterocycles. The number of carbonyl (C=O) groups excluding carboxylic acids is 3. The highest BCUT2D eigenvalue weighted by atomic mass is 16.6. The lowest BCUT2D eigenvalue weighted by molar-refractivity contribution is -0.149. The van der Waals surface area contributed by atoms with Crippen LogP contribution >= 0.6 is 0 Å². The zero-order valence-corrected chi connectivity index (χ0v) is 30.2. The number of nitrogens with zero attached hydrogens (tertiary/aromatic N) is 2. The number of rotatable bonds is 20. The summed E-state index contributed by atoms with van der Waals surface area (Å²) in [4.78, 5) is 37.1. The first-order valence-corrected chi connectivity index (χ1v) is 17.5. The number of ether oxygens (including phenoxy) is 6. The van der Waals surface area contributed by atoms with E-state index < -0.39 is 11.9 Å². The lowest BCUT2D eigenvalue weighted by atomic mass is 10.1. The van der Waals surface area contributed by atoms with Gasteiger partial charge in [0, 0.05) is 0 Å². The molecule has 52 heavy (non-hydrogen) atoms. The molecule has 0 saturated carbocycles. The number of hydrogen-bond acceptors (Lipinski definition) is 11. The highest BCUT2D eigenvalue weighted by Gasteiger charge is 2.14. The van der Waals surface area contributed by atoms with Crippen LogP contribution in [0, 0.1) is 12.8 Å². The van der Waals surface area contributed by atoms with Crippen LogP contribution in [0.25, 0.3) is 0 Å². The van der Waals surface area contributed by atoms with E-state index in [1.165, 1.54) is 29.8 Å². The smallest absolute Gasteiger partial charge is 0.343 e. The molecule has 0 radical (unpaired) electrons. The van der Waals surface area contributed by atoms with Crippen molar-refractivity contribution in [2.75, 3.05) is 39.6 Å². The zero-order chi connectivity index (χ0) is 37.1. The van der Waals surface area contributed by atoms with Gasteiger partial charge in [-0.3, -0.25) is 4.79 Å². The van der Waals surface area contributed by atoms with Crippen molar-refractivity contribution in [2.24, 2.45) is 16.1 Å². The second-order valence-corrected chi connectivity index (χ2v) is 11.9. The van der Waals surface area contributed by atoms with Gasteiger partial charge in [0.15, 0.2) is 0 Å². The van der Waals surface area contributed by atoms with Crippen LogP contribution in [0.4, 0.5) is 11.4 Å². The van der Waals surface area contributed by atoms with Crippen molar-refractivity contribution >= 4 is 29.3 Å². The molecule has 0 N–H and O–H groups in total. The summed E-state index contributed by atoms with van der Waals surface area (Å²) >= 11 is 0. The van der Waals surface area contributed by atoms with Crippen molar-refractivity contribution in [3.63, 3.8) is 0 Å². The van der Waals surface area contributed by atoms with E-state index in [1.807, 2.05) is 32.9 Å². The summed E-state index contributed by atoms with van der Waals surface area (Å²) in [7, 11) is 0. The minimum atomic E-state index is -0.554. The first-order valence-electron chi connectivity index (χ1n) is 17.5. The van der Waals surface area contributed by atoms with E-state index in [9.17, 15) is 14.4 Å². The quantitative estimate of drug-likeness (QED) is 0.0382. The van der Waals surface area contributed by atoms with E-state index >= 15 is 0 Å². The second-order valence-electron chi connectivity index (χ2n) is 11.9. The minimum absolute atomic E-state index is 0.107. The Labute approximate surface area is 304 Å². The average molecular weight is 711 g/mol. The topological polar surface area (TPSA) is 131 Å². The number of azo groups is 1. The van der Waals surface area contributed by atoms with Gasteiger partial charge in [0.1, 0.15) is 30.5 Å². The van der Waals surface area contributed by atoms with Gasteiger partial charge in [-0.1, -0.05) is 39.3 Å². The summed E-state index contributed by atoms with van der Waals surface area (Å²) < 4.78 is 32.8. The maximum Gasteiger partial charge on any atom is 0.343 e. The van der Waals surface area contributed by atoms with E-state index in [-0.39, 0.29) is 24.2 Å². The number of carbonyl (C=O) groups is 3. The molecule has 11 nitrogen and oxygen atoms in total. The summed E-state index contributed by atoms with van der Waals surface area (Å²) in [6.45, 7) is 9.72. The molecule has 0 aliphatic rings. The molecular formula is C41H46N2O9. The minimum Gasteiger partial charge on any atom is -0.491 e. The summed E-state index contributed by atoms with van der Waals surface area (Å²) in [5, 5.41) is 8.61. The van der Waals surface area contributed by atoms with E-state index in [0.717, 1.165) is 30.5 Å². The van der Waals surface area contributed by atoms with Crippen molar-refractivity contribution in [2.45, 2.75) is 47.0 Å². The molecule has 0 fully saturated rings. The summed E-state index contributed by atoms with van der Waals surface area (Å²) in [6.07, 6.45) is 2.86. The third kappa shape index (κ3) is 13.1. The van der Waals surface area contributed by atoms with Gasteiger partial charge in [-0.25, -0.2) is 9.59 Å². The molecule has 0 bridgehead atoms. The van der Waals surface area contributed by atoms with Gasteiger partial charge >= 0.3 is 17.9 Å². The average Bonchev–Trinajstić information content (AvgIpc) is 3.16. The van der Waals surface area contributed by atoms with Gasteiger partial charge in [-0.05, 0) is 110 Å². The molecular weight excluding hydrogens is 664 g/mol. The van der Waals surface area contributed by atoms with Crippen molar-refractivity contribution in [1.82, 2.24) is 0 Å². The Morgan fingerprint density at radius 1 is 0.635 bits per heavy atom. The van der Waals surface area contributed by atoms with Gasteiger partial charge in [0.2, 0.25) is 0 Å². The van der Waals surface area contributed by atoms with E-state index in [4.69, 9.17) is 28.4 Å². The van der Waals surface area contributed by atoms with Crippen molar-refractivity contribution in [3.05, 3.63) is 113 Å². The number of esters is 3. The van der Waals surface area contributed by atoms with Gasteiger partial charge in [-0.15, -0.1) is 0 Å². The summed E-state index contributed by atoms with van der Waals surface area (Å²) in [5.41, 5.74) is 4.04. The van der Waals surface area contributed by atoms with Crippen molar-refractivity contribution < 1.29 is 42.8 Å². The summed E-state index contributed by atoms with van der Waals surface area (Å²) in [6, 6.07) is 25.9. The predicted octanol–water partition coefficient (Wildman–Crippen LogP) is 8.80. The van der Waals surface area contributed by atoms with E-state index in [2.05, 4.69) is 29.3 Å². The lowest BCUT2D eigenvalue weighted by Crippen LogP contribution is -2.18. The normalized spacial score (nSPS) is 11.6. The molecule has 4 aromatic rings. The third-order valence-electron chi connectivity index (χ3n) is 7.86. The number of benzene rings is 4. The lowest BCUT2D eigenvalue weighted by Gasteiger charge is -2.10. The molecule has 0 aliphatic heterocycles. The fraction of sp³-hybridized carbons (Fsp3) is 0.341. The van der Waals surface area contributed by atoms with Crippen LogP contribution in [0.1, 0.15) is 65.5 Å². The van der Waals surface area contributed by atoms with E-state index in [1.54, 1.807) is 42.5 Å². The Hall–Kier alpha value is -5.39. The van der Waals surface area contributed by atoms with Crippen LogP contribution in [0.15, 0.2) is 101 Å². The number of hydrogen-bond donors (Lipinski definition) is 0. The van der Waals surface area contributed by atoms with Crippen LogP contribution in [0.5, 0.6) is 17.2 Å². The zero-order valence-electron chi connectivity index (χ0n) is 30.2. The highest BCUT2D eigenvalue weighted by molar-refractivity contribution is 5.93. The molecule has 0 amide bonds. The molecule has 4 rings (SSSR count). The molecule has 11 heteroatoms. The Morgan fingerprint density at radius 2 is 1.19 bits per heavy atom. The van der Waals surface area contributed by atoms with Crippen LogP contribution in [-0.2, 0) is 25.4 Å². The molecule has 0 aromatic heterocycles. The van der Waals surface area contributed by atoms with Gasteiger partial charge in [0.25, 0.3) is 0 Å². The number of aryl methyl sites for hydroxylation is 2. The monoisotopic (exact) mass is 710 g/mol. The van der Waals surface area contributed by atoms with Crippen molar-refractivity contribution in [1.29, 1.82) is 0 Å². The molecule has 1 atom stereocenters. The molecule has 274 valence electrons. The van der Waals surface area contributed by atoms with Gasteiger partial charge in [-0.2, -0.15) is 10.2 Å². The van der Waals surface area contributed by atoms with Crippen molar-refractivity contribution in [3.8, 4) is 17.2 Å². The maximum absolute atomic E-state index is 12.8. The molecule has 0 aliphatic carbocycles. The van der Waals surface area contributed by atoms with Crippen LogP contribution < -0.4 is 14.2 Å². The fourth-order valence-corrected chi connectivity index (χ4v) is 4.67. The Balaban J connectivity index is 1.14. The fourth-order valence-electron chi connectivity index (χ4n) is 4.67. The van der Waals surface area contributed by atoms with Crippen LogP contribution in [0.2, 0.25) is 0 Å². The largest absolute Gasteiger partial charge is 0.491 e. The first kappa shape index (κ1) is 39.4. The SMILES string of the molecule is CCCc1ccc(N=Nc2ccc(OC(=O)c3ccc(OC(=O)c4ccc(OCCOCCOCCOC(=O)C(C)CC)cc4)cc3)c(C)c2)cc1. The van der Waals surface area contributed by atoms with Crippen LogP contribution in [0.3, 0.4) is 0 Å². The highest BCUT2D eigenvalue weighted by Crippen LogP contribution is 2.27. The maximum atomic E-state index is 12.8. The first-order chi connectivity index (χ1) is 25.2. The summed E-state index contributed by atoms with van der Waals surface area (Å²) in [5.74, 6) is -0.165. The Morgan fingerprint density at radius 3 is 1.81 bits per heavy atom. The van der Waals surface area contributed by atoms with E-state index in [0.29, 0.717) is 61.3 Å². The molecule has 1 unspecified atom stereocenters. The Kier molecular flexibility index (Phi) is 16.0.